The number of methoxy groups -OCH3 is 1. The summed E-state index contributed by atoms with van der Waals surface area (Å²) in [7, 11) is 3.68. The third-order valence-electron chi connectivity index (χ3n) is 2.90. The molecule has 1 atom stereocenters. The van der Waals surface area contributed by atoms with Gasteiger partial charge in [-0.3, -0.25) is 0 Å². The number of aryl methyl sites for hydroxylation is 1. The molecule has 90 valence electrons. The zero-order valence-corrected chi connectivity index (χ0v) is 11.2. The van der Waals surface area contributed by atoms with Crippen molar-refractivity contribution >= 4 is 11.3 Å². The Morgan fingerprint density at radius 1 is 1.18 bits per heavy atom. The lowest BCUT2D eigenvalue weighted by atomic mass is 10.0. The van der Waals surface area contributed by atoms with E-state index in [0.717, 1.165) is 5.75 Å². The highest BCUT2D eigenvalue weighted by molar-refractivity contribution is 7.10. The Kier molecular flexibility index (Phi) is 3.82. The number of benzene rings is 1. The molecule has 0 aliphatic heterocycles. The minimum atomic E-state index is 0.265. The van der Waals surface area contributed by atoms with Gasteiger partial charge in [0.15, 0.2) is 0 Å². The van der Waals surface area contributed by atoms with Crippen molar-refractivity contribution in [3.05, 3.63) is 51.7 Å². The molecule has 1 aromatic heterocycles. The van der Waals surface area contributed by atoms with Gasteiger partial charge in [0.2, 0.25) is 0 Å². The highest BCUT2D eigenvalue weighted by atomic mass is 32.1. The van der Waals surface area contributed by atoms with Gasteiger partial charge in [-0.05, 0) is 48.7 Å². The summed E-state index contributed by atoms with van der Waals surface area (Å²) in [5.41, 5.74) is 2.60. The van der Waals surface area contributed by atoms with Gasteiger partial charge in [0, 0.05) is 4.88 Å². The van der Waals surface area contributed by atoms with Crippen molar-refractivity contribution in [2.75, 3.05) is 14.2 Å². The molecule has 2 aromatic rings. The van der Waals surface area contributed by atoms with Gasteiger partial charge in [-0.2, -0.15) is 0 Å². The Morgan fingerprint density at radius 3 is 2.35 bits per heavy atom. The molecule has 0 saturated heterocycles. The van der Waals surface area contributed by atoms with Crippen LogP contribution in [0.15, 0.2) is 35.7 Å². The van der Waals surface area contributed by atoms with E-state index in [-0.39, 0.29) is 6.04 Å². The second-order valence-corrected chi connectivity index (χ2v) is 4.91. The summed E-state index contributed by atoms with van der Waals surface area (Å²) in [6.07, 6.45) is 0. The minimum absolute atomic E-state index is 0.265. The highest BCUT2D eigenvalue weighted by Crippen LogP contribution is 2.29. The van der Waals surface area contributed by atoms with Crippen molar-refractivity contribution < 1.29 is 4.74 Å². The predicted octanol–water partition coefficient (Wildman–Crippen LogP) is 3.37. The number of rotatable bonds is 4. The molecule has 0 amide bonds. The van der Waals surface area contributed by atoms with Crippen molar-refractivity contribution in [3.8, 4) is 5.75 Å². The van der Waals surface area contributed by atoms with E-state index in [1.54, 1.807) is 18.4 Å². The minimum Gasteiger partial charge on any atom is -0.497 e. The van der Waals surface area contributed by atoms with Crippen molar-refractivity contribution in [1.29, 1.82) is 0 Å². The van der Waals surface area contributed by atoms with E-state index in [1.807, 2.05) is 19.2 Å². The fourth-order valence-corrected chi connectivity index (χ4v) is 2.99. The molecular formula is C14H17NOS. The van der Waals surface area contributed by atoms with Gasteiger partial charge in [-0.15, -0.1) is 11.3 Å². The summed E-state index contributed by atoms with van der Waals surface area (Å²) >= 11 is 1.79. The Balaban J connectivity index is 2.32. The second kappa shape index (κ2) is 5.34. The van der Waals surface area contributed by atoms with E-state index in [9.17, 15) is 0 Å². The molecule has 0 spiro atoms. The standard InChI is InChI=1S/C14H17NOS/c1-10-8-9-17-14(10)13(15-2)11-4-6-12(16-3)7-5-11/h4-9,13,15H,1-3H3. The topological polar surface area (TPSA) is 21.3 Å². The molecule has 2 nitrogen and oxygen atoms in total. The lowest BCUT2D eigenvalue weighted by molar-refractivity contribution is 0.414. The average molecular weight is 247 g/mol. The van der Waals surface area contributed by atoms with Gasteiger partial charge in [-0.25, -0.2) is 0 Å². The van der Waals surface area contributed by atoms with Gasteiger partial charge in [-0.1, -0.05) is 12.1 Å². The number of hydrogen-bond donors (Lipinski definition) is 1. The third kappa shape index (κ3) is 2.51. The van der Waals surface area contributed by atoms with Crippen LogP contribution in [0.1, 0.15) is 22.0 Å². The van der Waals surface area contributed by atoms with Crippen LogP contribution in [-0.4, -0.2) is 14.2 Å². The number of ether oxygens (including phenoxy) is 1. The van der Waals surface area contributed by atoms with Crippen LogP contribution in [0.3, 0.4) is 0 Å². The summed E-state index contributed by atoms with van der Waals surface area (Å²) in [4.78, 5) is 1.37. The predicted molar refractivity (Wildman–Crippen MR) is 73.0 cm³/mol. The lowest BCUT2D eigenvalue weighted by Crippen LogP contribution is -2.17. The fraction of sp³-hybridized carbons (Fsp3) is 0.286. The van der Waals surface area contributed by atoms with E-state index in [4.69, 9.17) is 4.74 Å². The van der Waals surface area contributed by atoms with Crippen LogP contribution in [-0.2, 0) is 0 Å². The number of thiophene rings is 1. The van der Waals surface area contributed by atoms with E-state index in [1.165, 1.54) is 16.0 Å². The molecule has 17 heavy (non-hydrogen) atoms. The van der Waals surface area contributed by atoms with Crippen molar-refractivity contribution in [2.24, 2.45) is 0 Å². The monoisotopic (exact) mass is 247 g/mol. The Bertz CT molecular complexity index is 475. The Morgan fingerprint density at radius 2 is 1.88 bits per heavy atom. The van der Waals surface area contributed by atoms with Gasteiger partial charge in [0.05, 0.1) is 13.2 Å². The first-order valence-corrected chi connectivity index (χ1v) is 6.49. The molecule has 1 N–H and O–H groups in total. The maximum Gasteiger partial charge on any atom is 0.118 e. The molecule has 0 bridgehead atoms. The Hall–Kier alpha value is -1.32. The highest BCUT2D eigenvalue weighted by Gasteiger charge is 2.15. The van der Waals surface area contributed by atoms with Crippen LogP contribution >= 0.6 is 11.3 Å². The molecule has 0 saturated carbocycles. The SMILES string of the molecule is CNC(c1ccc(OC)cc1)c1sccc1C. The average Bonchev–Trinajstić information content (AvgIpc) is 2.78. The second-order valence-electron chi connectivity index (χ2n) is 3.96. The zero-order chi connectivity index (χ0) is 12.3. The molecule has 1 aromatic carbocycles. The third-order valence-corrected chi connectivity index (χ3v) is 3.99. The van der Waals surface area contributed by atoms with Crippen LogP contribution in [0.5, 0.6) is 5.75 Å². The summed E-state index contributed by atoms with van der Waals surface area (Å²) in [6.45, 7) is 2.15. The zero-order valence-electron chi connectivity index (χ0n) is 10.4. The molecular weight excluding hydrogens is 230 g/mol. The van der Waals surface area contributed by atoms with Crippen LogP contribution < -0.4 is 10.1 Å². The smallest absolute Gasteiger partial charge is 0.118 e. The summed E-state index contributed by atoms with van der Waals surface area (Å²) in [6, 6.07) is 10.7. The maximum absolute atomic E-state index is 5.18. The van der Waals surface area contributed by atoms with E-state index >= 15 is 0 Å². The first-order valence-electron chi connectivity index (χ1n) is 5.61. The molecule has 0 aliphatic rings. The first kappa shape index (κ1) is 12.1. The van der Waals surface area contributed by atoms with E-state index < -0.39 is 0 Å². The van der Waals surface area contributed by atoms with Crippen LogP contribution in [0.2, 0.25) is 0 Å². The first-order chi connectivity index (χ1) is 8.26. The van der Waals surface area contributed by atoms with Crippen LogP contribution in [0.25, 0.3) is 0 Å². The van der Waals surface area contributed by atoms with E-state index in [0.29, 0.717) is 0 Å². The summed E-state index contributed by atoms with van der Waals surface area (Å²) < 4.78 is 5.18. The molecule has 3 heteroatoms. The normalized spacial score (nSPS) is 12.4. The van der Waals surface area contributed by atoms with Crippen molar-refractivity contribution in [1.82, 2.24) is 5.32 Å². The lowest BCUT2D eigenvalue weighted by Gasteiger charge is -2.16. The molecule has 1 unspecified atom stereocenters. The number of nitrogens with one attached hydrogen (secondary N) is 1. The quantitative estimate of drug-likeness (QED) is 0.894. The molecule has 1 heterocycles. The summed E-state index contributed by atoms with van der Waals surface area (Å²) in [5, 5.41) is 5.51. The van der Waals surface area contributed by atoms with Gasteiger partial charge < -0.3 is 10.1 Å². The van der Waals surface area contributed by atoms with Gasteiger partial charge in [0.1, 0.15) is 5.75 Å². The molecule has 0 aliphatic carbocycles. The van der Waals surface area contributed by atoms with E-state index in [2.05, 4.69) is 35.8 Å². The fourth-order valence-electron chi connectivity index (χ4n) is 1.93. The van der Waals surface area contributed by atoms with Gasteiger partial charge in [0.25, 0.3) is 0 Å². The molecule has 0 radical (unpaired) electrons. The molecule has 2 rings (SSSR count). The van der Waals surface area contributed by atoms with Crippen molar-refractivity contribution in [2.45, 2.75) is 13.0 Å². The maximum atomic E-state index is 5.18. The largest absolute Gasteiger partial charge is 0.497 e. The van der Waals surface area contributed by atoms with Gasteiger partial charge >= 0.3 is 0 Å². The number of hydrogen-bond acceptors (Lipinski definition) is 3. The van der Waals surface area contributed by atoms with Crippen molar-refractivity contribution in [3.63, 3.8) is 0 Å². The summed E-state index contributed by atoms with van der Waals surface area (Å²) in [5.74, 6) is 0.895. The van der Waals surface area contributed by atoms with Crippen LogP contribution in [0, 0.1) is 6.92 Å². The molecule has 0 fully saturated rings. The Labute approximate surface area is 106 Å². The van der Waals surface area contributed by atoms with Crippen LogP contribution in [0.4, 0.5) is 0 Å².